The molecular formula is C27H22ClN3O3S2. The second kappa shape index (κ2) is 12.0. The highest BCUT2D eigenvalue weighted by Crippen LogP contribution is 2.34. The molecule has 182 valence electrons. The van der Waals surface area contributed by atoms with E-state index in [-0.39, 0.29) is 5.91 Å². The van der Waals surface area contributed by atoms with E-state index < -0.39 is 11.3 Å². The molecule has 0 radical (unpaired) electrons. The van der Waals surface area contributed by atoms with Gasteiger partial charge in [-0.3, -0.25) is 9.35 Å². The standard InChI is InChI=1S/C27H22ClN3O3S2/c28-25-15-21(24-10-4-5-11-26(24)31(19-29)36(33)34)12-13-22(25)18-30(17-20-7-2-1-3-8-20)27(32)16-23-9-6-14-35-23/h1-15H,16-18H2,(H,33,34). The minimum atomic E-state index is -2.50. The van der Waals surface area contributed by atoms with E-state index in [0.29, 0.717) is 41.3 Å². The van der Waals surface area contributed by atoms with Crippen LogP contribution in [0, 0.1) is 11.5 Å². The van der Waals surface area contributed by atoms with Gasteiger partial charge in [-0.05, 0) is 40.3 Å². The highest BCUT2D eigenvalue weighted by Gasteiger charge is 2.20. The molecule has 0 saturated heterocycles. The van der Waals surface area contributed by atoms with Gasteiger partial charge in [-0.1, -0.05) is 78.3 Å². The van der Waals surface area contributed by atoms with Crippen LogP contribution in [0.1, 0.15) is 16.0 Å². The number of amides is 1. The van der Waals surface area contributed by atoms with E-state index in [0.717, 1.165) is 20.3 Å². The van der Waals surface area contributed by atoms with Crippen molar-refractivity contribution in [2.24, 2.45) is 0 Å². The molecule has 4 aromatic rings. The van der Waals surface area contributed by atoms with Gasteiger partial charge in [0, 0.05) is 28.6 Å². The lowest BCUT2D eigenvalue weighted by Gasteiger charge is -2.24. The highest BCUT2D eigenvalue weighted by atomic mass is 35.5. The van der Waals surface area contributed by atoms with E-state index in [1.165, 1.54) is 0 Å². The molecule has 9 heteroatoms. The van der Waals surface area contributed by atoms with E-state index in [1.54, 1.807) is 52.8 Å². The topological polar surface area (TPSA) is 84.6 Å². The number of nitrogens with zero attached hydrogens (tertiary/aromatic N) is 3. The Morgan fingerprint density at radius 2 is 1.75 bits per heavy atom. The van der Waals surface area contributed by atoms with Crippen molar-refractivity contribution in [3.05, 3.63) is 111 Å². The predicted octanol–water partition coefficient (Wildman–Crippen LogP) is 6.26. The number of nitriles is 1. The third kappa shape index (κ3) is 6.20. The normalized spacial score (nSPS) is 11.5. The molecule has 36 heavy (non-hydrogen) atoms. The molecule has 0 aliphatic rings. The summed E-state index contributed by atoms with van der Waals surface area (Å²) in [6.45, 7) is 0.774. The molecule has 4 rings (SSSR count). The van der Waals surface area contributed by atoms with E-state index in [2.05, 4.69) is 0 Å². The molecule has 3 aromatic carbocycles. The van der Waals surface area contributed by atoms with Crippen LogP contribution < -0.4 is 4.31 Å². The number of benzene rings is 3. The predicted molar refractivity (Wildman–Crippen MR) is 144 cm³/mol. The van der Waals surface area contributed by atoms with Gasteiger partial charge in [-0.15, -0.1) is 11.3 Å². The summed E-state index contributed by atoms with van der Waals surface area (Å²) in [5, 5.41) is 11.8. The average Bonchev–Trinajstić information content (AvgIpc) is 3.39. The lowest BCUT2D eigenvalue weighted by atomic mass is 10.0. The van der Waals surface area contributed by atoms with Crippen molar-refractivity contribution in [2.75, 3.05) is 4.31 Å². The Hall–Kier alpha value is -3.48. The molecule has 1 aromatic heterocycles. The largest absolute Gasteiger partial charge is 0.334 e. The molecule has 1 atom stereocenters. The monoisotopic (exact) mass is 535 g/mol. The van der Waals surface area contributed by atoms with Crippen LogP contribution in [0.3, 0.4) is 0 Å². The SMILES string of the molecule is N#CN(c1ccccc1-c1ccc(CN(Cc2ccccc2)C(=O)Cc2cccs2)c(Cl)c1)S(=O)O. The van der Waals surface area contributed by atoms with Crippen LogP contribution in [0.5, 0.6) is 0 Å². The zero-order valence-electron chi connectivity index (χ0n) is 19.1. The first-order valence-corrected chi connectivity index (χ1v) is 13.3. The maximum Gasteiger partial charge on any atom is 0.275 e. The van der Waals surface area contributed by atoms with Gasteiger partial charge < -0.3 is 4.90 Å². The first kappa shape index (κ1) is 25.6. The summed E-state index contributed by atoms with van der Waals surface area (Å²) in [4.78, 5) is 16.0. The van der Waals surface area contributed by atoms with Crippen LogP contribution in [0.25, 0.3) is 11.1 Å². The Morgan fingerprint density at radius 1 is 1.00 bits per heavy atom. The molecule has 0 saturated carbocycles. The van der Waals surface area contributed by atoms with Crippen LogP contribution in [-0.2, 0) is 35.6 Å². The quantitative estimate of drug-likeness (QED) is 0.156. The molecule has 1 amide bonds. The third-order valence-electron chi connectivity index (χ3n) is 5.57. The van der Waals surface area contributed by atoms with Gasteiger partial charge in [-0.2, -0.15) is 9.57 Å². The molecule has 0 bridgehead atoms. The molecule has 6 nitrogen and oxygen atoms in total. The van der Waals surface area contributed by atoms with Gasteiger partial charge in [0.25, 0.3) is 11.3 Å². The summed E-state index contributed by atoms with van der Waals surface area (Å²) in [7, 11) is 0. The number of carbonyl (C=O) groups is 1. The minimum absolute atomic E-state index is 0.00174. The van der Waals surface area contributed by atoms with Crippen molar-refractivity contribution >= 4 is 45.8 Å². The number of thiophene rings is 1. The maximum absolute atomic E-state index is 13.2. The number of hydrogen-bond acceptors (Lipinski definition) is 4. The lowest BCUT2D eigenvalue weighted by molar-refractivity contribution is -0.131. The summed E-state index contributed by atoms with van der Waals surface area (Å²) in [5.41, 5.74) is 3.36. The first-order valence-electron chi connectivity index (χ1n) is 11.0. The van der Waals surface area contributed by atoms with E-state index in [1.807, 2.05) is 60.0 Å². The first-order chi connectivity index (χ1) is 17.5. The van der Waals surface area contributed by atoms with Crippen molar-refractivity contribution < 1.29 is 13.6 Å². The molecular weight excluding hydrogens is 514 g/mol. The van der Waals surface area contributed by atoms with Crippen molar-refractivity contribution in [3.63, 3.8) is 0 Å². The lowest BCUT2D eigenvalue weighted by Crippen LogP contribution is -2.31. The Labute approximate surface area is 221 Å². The van der Waals surface area contributed by atoms with Gasteiger partial charge >= 0.3 is 0 Å². The molecule has 1 N–H and O–H groups in total. The van der Waals surface area contributed by atoms with Crippen molar-refractivity contribution in [1.29, 1.82) is 5.26 Å². The van der Waals surface area contributed by atoms with Crippen molar-refractivity contribution in [3.8, 4) is 17.3 Å². The fourth-order valence-electron chi connectivity index (χ4n) is 3.83. The van der Waals surface area contributed by atoms with Gasteiger partial charge in [0.2, 0.25) is 5.91 Å². The van der Waals surface area contributed by atoms with Gasteiger partial charge in [0.15, 0.2) is 6.19 Å². The minimum Gasteiger partial charge on any atom is -0.334 e. The third-order valence-corrected chi connectivity index (χ3v) is 7.39. The Bertz CT molecular complexity index is 1410. The zero-order chi connectivity index (χ0) is 25.5. The number of anilines is 1. The summed E-state index contributed by atoms with van der Waals surface area (Å²) in [5.74, 6) is 0.00174. The molecule has 0 aliphatic carbocycles. The molecule has 0 aliphatic heterocycles. The zero-order valence-corrected chi connectivity index (χ0v) is 21.5. The highest BCUT2D eigenvalue weighted by molar-refractivity contribution is 7.81. The van der Waals surface area contributed by atoms with Crippen LogP contribution in [0.15, 0.2) is 90.3 Å². The van der Waals surface area contributed by atoms with Gasteiger partial charge in [0.05, 0.1) is 12.1 Å². The van der Waals surface area contributed by atoms with E-state index in [9.17, 15) is 18.8 Å². The molecule has 0 spiro atoms. The van der Waals surface area contributed by atoms with E-state index >= 15 is 0 Å². The number of halogens is 1. The smallest absolute Gasteiger partial charge is 0.275 e. The molecule has 1 heterocycles. The summed E-state index contributed by atoms with van der Waals surface area (Å²) >= 11 is 5.73. The Balaban J connectivity index is 1.62. The van der Waals surface area contributed by atoms with Crippen LogP contribution in [0.4, 0.5) is 5.69 Å². The number of carbonyl (C=O) groups excluding carboxylic acids is 1. The second-order valence-corrected chi connectivity index (χ2v) is 10.2. The number of para-hydroxylation sites is 1. The number of rotatable bonds is 9. The number of hydrogen-bond donors (Lipinski definition) is 1. The van der Waals surface area contributed by atoms with Gasteiger partial charge in [-0.25, -0.2) is 4.21 Å². The summed E-state index contributed by atoms with van der Waals surface area (Å²) in [6.07, 6.45) is 2.06. The maximum atomic E-state index is 13.2. The van der Waals surface area contributed by atoms with Crippen molar-refractivity contribution in [2.45, 2.75) is 19.5 Å². The van der Waals surface area contributed by atoms with Gasteiger partial charge in [0.1, 0.15) is 0 Å². The van der Waals surface area contributed by atoms with Crippen LogP contribution in [-0.4, -0.2) is 19.6 Å². The molecule has 1 unspecified atom stereocenters. The fraction of sp³-hybridized carbons (Fsp3) is 0.111. The molecule has 0 fully saturated rings. The van der Waals surface area contributed by atoms with E-state index in [4.69, 9.17) is 11.6 Å². The van der Waals surface area contributed by atoms with Crippen LogP contribution >= 0.6 is 22.9 Å². The summed E-state index contributed by atoms with van der Waals surface area (Å²) in [6, 6.07) is 25.9. The van der Waals surface area contributed by atoms with Crippen LogP contribution in [0.2, 0.25) is 5.02 Å². The average molecular weight is 536 g/mol. The fourth-order valence-corrected chi connectivity index (χ4v) is 5.16. The summed E-state index contributed by atoms with van der Waals surface area (Å²) < 4.78 is 21.9. The Morgan fingerprint density at radius 3 is 2.42 bits per heavy atom. The second-order valence-electron chi connectivity index (χ2n) is 7.94. The Kier molecular flexibility index (Phi) is 8.52. The van der Waals surface area contributed by atoms with Crippen molar-refractivity contribution in [1.82, 2.24) is 4.90 Å².